The Morgan fingerprint density at radius 1 is 1.28 bits per heavy atom. The zero-order chi connectivity index (χ0) is 12.4. The van der Waals surface area contributed by atoms with Gasteiger partial charge in [0.15, 0.2) is 0 Å². The van der Waals surface area contributed by atoms with E-state index < -0.39 is 0 Å². The number of benzene rings is 1. The van der Waals surface area contributed by atoms with E-state index in [4.69, 9.17) is 16.3 Å². The van der Waals surface area contributed by atoms with Crippen LogP contribution in [0.5, 0.6) is 5.75 Å². The summed E-state index contributed by atoms with van der Waals surface area (Å²) in [6, 6.07) is 5.87. The summed E-state index contributed by atoms with van der Waals surface area (Å²) in [6.07, 6.45) is 5.15. The average molecular weight is 267 g/mol. The Labute approximate surface area is 113 Å². The first-order chi connectivity index (χ1) is 8.81. The molecule has 18 heavy (non-hydrogen) atoms. The number of ether oxygens (including phenoxy) is 1. The third-order valence-electron chi connectivity index (χ3n) is 3.66. The van der Waals surface area contributed by atoms with Gasteiger partial charge in [-0.05, 0) is 36.6 Å². The van der Waals surface area contributed by atoms with Gasteiger partial charge in [0.25, 0.3) is 0 Å². The van der Waals surface area contributed by atoms with Gasteiger partial charge in [-0.1, -0.05) is 18.0 Å². The van der Waals surface area contributed by atoms with Gasteiger partial charge < -0.3 is 4.74 Å². The van der Waals surface area contributed by atoms with Crippen LogP contribution in [0, 0.1) is 0 Å². The van der Waals surface area contributed by atoms with Gasteiger partial charge in [-0.3, -0.25) is 5.43 Å². The van der Waals surface area contributed by atoms with Gasteiger partial charge in [0.05, 0.1) is 0 Å². The lowest BCUT2D eigenvalue weighted by Gasteiger charge is -2.28. The molecular weight excluding hydrogens is 248 g/mol. The molecule has 3 rings (SSSR count). The number of piperidine rings is 1. The van der Waals surface area contributed by atoms with Gasteiger partial charge in [-0.25, -0.2) is 5.01 Å². The highest BCUT2D eigenvalue weighted by molar-refractivity contribution is 6.30. The predicted molar refractivity (Wildman–Crippen MR) is 73.0 cm³/mol. The number of nitrogens with zero attached hydrogens (tertiary/aromatic N) is 1. The number of hydrazine groups is 1. The summed E-state index contributed by atoms with van der Waals surface area (Å²) in [6.45, 7) is 3.20. The van der Waals surface area contributed by atoms with Gasteiger partial charge in [-0.2, -0.15) is 0 Å². The molecule has 1 atom stereocenters. The van der Waals surface area contributed by atoms with Crippen molar-refractivity contribution in [3.8, 4) is 5.75 Å². The number of halogens is 1. The zero-order valence-electron chi connectivity index (χ0n) is 10.5. The van der Waals surface area contributed by atoms with Crippen molar-refractivity contribution < 1.29 is 4.74 Å². The van der Waals surface area contributed by atoms with E-state index in [1.165, 1.54) is 24.8 Å². The van der Waals surface area contributed by atoms with Gasteiger partial charge in [0.1, 0.15) is 11.9 Å². The molecule has 3 nitrogen and oxygen atoms in total. The summed E-state index contributed by atoms with van der Waals surface area (Å²) in [4.78, 5) is 0. The minimum absolute atomic E-state index is 0.236. The lowest BCUT2D eigenvalue weighted by molar-refractivity contribution is 0.119. The summed E-state index contributed by atoms with van der Waals surface area (Å²) in [5.41, 5.74) is 4.72. The summed E-state index contributed by atoms with van der Waals surface area (Å²) in [5, 5.41) is 3.12. The van der Waals surface area contributed by atoms with Crippen molar-refractivity contribution in [2.24, 2.45) is 0 Å². The third kappa shape index (κ3) is 2.79. The van der Waals surface area contributed by atoms with Crippen LogP contribution in [0.25, 0.3) is 0 Å². The van der Waals surface area contributed by atoms with Crippen molar-refractivity contribution in [3.05, 3.63) is 28.8 Å². The summed E-state index contributed by atoms with van der Waals surface area (Å²) in [5.74, 6) is 0.991. The molecule has 2 heterocycles. The fraction of sp³-hybridized carbons (Fsp3) is 0.571. The predicted octanol–water partition coefficient (Wildman–Crippen LogP) is 2.63. The van der Waals surface area contributed by atoms with Crippen molar-refractivity contribution in [2.45, 2.75) is 31.8 Å². The molecule has 4 heteroatoms. The third-order valence-corrected chi connectivity index (χ3v) is 3.90. The number of hydrogen-bond donors (Lipinski definition) is 1. The van der Waals surface area contributed by atoms with Crippen LogP contribution in [0.1, 0.15) is 24.8 Å². The Balaban J connectivity index is 1.51. The number of fused-ring (bicyclic) bond motifs is 1. The molecule has 1 saturated heterocycles. The van der Waals surface area contributed by atoms with Crippen LogP contribution < -0.4 is 10.2 Å². The Morgan fingerprint density at radius 2 is 2.11 bits per heavy atom. The fourth-order valence-electron chi connectivity index (χ4n) is 2.69. The van der Waals surface area contributed by atoms with E-state index in [9.17, 15) is 0 Å². The lowest BCUT2D eigenvalue weighted by Crippen LogP contribution is -2.45. The van der Waals surface area contributed by atoms with Gasteiger partial charge in [0.2, 0.25) is 0 Å². The molecule has 1 aromatic carbocycles. The van der Waals surface area contributed by atoms with E-state index in [2.05, 4.69) is 10.4 Å². The maximum atomic E-state index is 5.99. The molecule has 1 unspecified atom stereocenters. The Bertz CT molecular complexity index is 418. The highest BCUT2D eigenvalue weighted by Crippen LogP contribution is 2.30. The van der Waals surface area contributed by atoms with Crippen LogP contribution in [0.3, 0.4) is 0 Å². The molecule has 98 valence electrons. The minimum atomic E-state index is 0.236. The Kier molecular flexibility index (Phi) is 3.73. The lowest BCUT2D eigenvalue weighted by atomic mass is 10.1. The molecule has 2 aliphatic heterocycles. The normalized spacial score (nSPS) is 23.7. The topological polar surface area (TPSA) is 24.5 Å². The first-order valence-electron chi connectivity index (χ1n) is 6.75. The van der Waals surface area contributed by atoms with Crippen LogP contribution in [0.2, 0.25) is 5.02 Å². The molecule has 1 N–H and O–H groups in total. The highest BCUT2D eigenvalue weighted by atomic mass is 35.5. The molecule has 1 aromatic rings. The van der Waals surface area contributed by atoms with Crippen molar-refractivity contribution in [2.75, 3.05) is 19.6 Å². The van der Waals surface area contributed by atoms with Crippen LogP contribution in [-0.4, -0.2) is 30.7 Å². The van der Waals surface area contributed by atoms with Crippen molar-refractivity contribution >= 4 is 11.6 Å². The maximum absolute atomic E-state index is 5.99. The van der Waals surface area contributed by atoms with Crippen LogP contribution in [0.4, 0.5) is 0 Å². The van der Waals surface area contributed by atoms with E-state index in [0.717, 1.165) is 36.8 Å². The van der Waals surface area contributed by atoms with E-state index in [-0.39, 0.29) is 6.10 Å². The van der Waals surface area contributed by atoms with Crippen molar-refractivity contribution in [1.29, 1.82) is 0 Å². The zero-order valence-corrected chi connectivity index (χ0v) is 11.2. The van der Waals surface area contributed by atoms with E-state index in [0.29, 0.717) is 0 Å². The Hall–Kier alpha value is -0.770. The minimum Gasteiger partial charge on any atom is -0.488 e. The smallest absolute Gasteiger partial charge is 0.123 e. The first-order valence-corrected chi connectivity index (χ1v) is 7.12. The summed E-state index contributed by atoms with van der Waals surface area (Å²) >= 11 is 5.99. The molecule has 0 spiro atoms. The fourth-order valence-corrected chi connectivity index (χ4v) is 2.88. The van der Waals surface area contributed by atoms with E-state index >= 15 is 0 Å². The van der Waals surface area contributed by atoms with Crippen LogP contribution >= 0.6 is 11.6 Å². The van der Waals surface area contributed by atoms with Crippen molar-refractivity contribution in [1.82, 2.24) is 10.4 Å². The number of nitrogens with one attached hydrogen (secondary N) is 1. The molecule has 1 fully saturated rings. The largest absolute Gasteiger partial charge is 0.488 e. The number of hydrogen-bond acceptors (Lipinski definition) is 3. The molecule has 2 aliphatic rings. The summed E-state index contributed by atoms with van der Waals surface area (Å²) in [7, 11) is 0. The maximum Gasteiger partial charge on any atom is 0.123 e. The van der Waals surface area contributed by atoms with Gasteiger partial charge >= 0.3 is 0 Å². The monoisotopic (exact) mass is 266 g/mol. The second-order valence-electron chi connectivity index (χ2n) is 5.11. The number of rotatable bonds is 3. The average Bonchev–Trinajstić information content (AvgIpc) is 2.79. The second-order valence-corrected chi connectivity index (χ2v) is 5.54. The van der Waals surface area contributed by atoms with Gasteiger partial charge in [0, 0.05) is 31.1 Å². The van der Waals surface area contributed by atoms with Crippen LogP contribution in [-0.2, 0) is 6.42 Å². The Morgan fingerprint density at radius 3 is 2.94 bits per heavy atom. The van der Waals surface area contributed by atoms with Gasteiger partial charge in [-0.15, -0.1) is 0 Å². The molecular formula is C14H19ClN2O. The quantitative estimate of drug-likeness (QED) is 0.910. The van der Waals surface area contributed by atoms with Crippen molar-refractivity contribution in [3.63, 3.8) is 0 Å². The standard InChI is InChI=1S/C14H19ClN2O/c15-12-4-5-14-11(8-12)9-13(18-14)10-16-17-6-2-1-3-7-17/h4-5,8,13,16H,1-3,6-7,9-10H2. The van der Waals surface area contributed by atoms with E-state index in [1.807, 2.05) is 18.2 Å². The molecule has 0 saturated carbocycles. The van der Waals surface area contributed by atoms with Crippen LogP contribution in [0.15, 0.2) is 18.2 Å². The first kappa shape index (κ1) is 12.3. The molecule has 0 bridgehead atoms. The SMILES string of the molecule is Clc1ccc2c(c1)CC(CNN1CCCCC1)O2. The second kappa shape index (κ2) is 5.47. The summed E-state index contributed by atoms with van der Waals surface area (Å²) < 4.78 is 5.91. The molecule has 0 amide bonds. The molecule has 0 aliphatic carbocycles. The molecule has 0 aromatic heterocycles. The molecule has 0 radical (unpaired) electrons. The van der Waals surface area contributed by atoms with E-state index in [1.54, 1.807) is 0 Å². The highest BCUT2D eigenvalue weighted by Gasteiger charge is 2.23.